The zero-order chi connectivity index (χ0) is 26.5. The predicted octanol–water partition coefficient (Wildman–Crippen LogP) is 7.24. The van der Waals surface area contributed by atoms with Crippen LogP contribution in [0, 0.1) is 0 Å². The molecule has 0 bridgehead atoms. The maximum absolute atomic E-state index is 12.9. The largest absolute Gasteiger partial charge is 0.494 e. The summed E-state index contributed by atoms with van der Waals surface area (Å²) in [6.45, 7) is 4.89. The standard InChI is InChI=1S/C30H36O7/c1-3-5-7-8-9-10-11-12-28(31)36-24-17-18-25-27(20-24)35-21-26(29(25)32)30(33)37-23-15-13-22(14-16-23)34-19-6-4-2/h13-18,20-21H,3-12,19H2,1-2H3. The van der Waals surface area contributed by atoms with Crippen molar-refractivity contribution in [3.8, 4) is 17.2 Å². The van der Waals surface area contributed by atoms with E-state index in [9.17, 15) is 14.4 Å². The van der Waals surface area contributed by atoms with Gasteiger partial charge in [0.15, 0.2) is 0 Å². The first-order chi connectivity index (χ1) is 18.0. The summed E-state index contributed by atoms with van der Waals surface area (Å²) in [5.41, 5.74) is -0.525. The Bertz CT molecular complexity index is 1210. The lowest BCUT2D eigenvalue weighted by atomic mass is 10.1. The van der Waals surface area contributed by atoms with E-state index in [4.69, 9.17) is 18.6 Å². The molecule has 198 valence electrons. The summed E-state index contributed by atoms with van der Waals surface area (Å²) in [5.74, 6) is 0.117. The minimum atomic E-state index is -0.819. The van der Waals surface area contributed by atoms with Crippen LogP contribution in [0.3, 0.4) is 0 Å². The average molecular weight is 509 g/mol. The van der Waals surface area contributed by atoms with Crippen LogP contribution in [0.15, 0.2) is 57.9 Å². The van der Waals surface area contributed by atoms with Crippen molar-refractivity contribution in [3.63, 3.8) is 0 Å². The molecule has 0 amide bonds. The Labute approximate surface area is 217 Å². The number of benzene rings is 2. The molecule has 3 rings (SSSR count). The molecular weight excluding hydrogens is 472 g/mol. The van der Waals surface area contributed by atoms with E-state index < -0.39 is 11.4 Å². The molecule has 0 radical (unpaired) electrons. The Morgan fingerprint density at radius 1 is 0.757 bits per heavy atom. The van der Waals surface area contributed by atoms with Crippen molar-refractivity contribution in [2.45, 2.75) is 78.1 Å². The minimum absolute atomic E-state index is 0.195. The fraction of sp³-hybridized carbons (Fsp3) is 0.433. The zero-order valence-electron chi connectivity index (χ0n) is 21.8. The number of hydrogen-bond donors (Lipinski definition) is 0. The van der Waals surface area contributed by atoms with Crippen LogP contribution >= 0.6 is 0 Å². The SMILES string of the molecule is CCCCCCCCCC(=O)Oc1ccc2c(=O)c(C(=O)Oc3ccc(OCCCC)cc3)coc2c1. The number of hydrogen-bond acceptors (Lipinski definition) is 7. The van der Waals surface area contributed by atoms with E-state index >= 15 is 0 Å². The summed E-state index contributed by atoms with van der Waals surface area (Å²) < 4.78 is 21.8. The Morgan fingerprint density at radius 2 is 1.41 bits per heavy atom. The second-order valence-electron chi connectivity index (χ2n) is 9.04. The van der Waals surface area contributed by atoms with Gasteiger partial charge in [0.05, 0.1) is 12.0 Å². The van der Waals surface area contributed by atoms with Gasteiger partial charge in [0, 0.05) is 12.5 Å². The fourth-order valence-corrected chi connectivity index (χ4v) is 3.82. The highest BCUT2D eigenvalue weighted by atomic mass is 16.5. The van der Waals surface area contributed by atoms with Crippen LogP contribution < -0.4 is 19.6 Å². The molecule has 1 heterocycles. The molecule has 0 aliphatic carbocycles. The van der Waals surface area contributed by atoms with Gasteiger partial charge in [-0.2, -0.15) is 0 Å². The van der Waals surface area contributed by atoms with Gasteiger partial charge in [-0.05, 0) is 49.2 Å². The third-order valence-electron chi connectivity index (χ3n) is 5.98. The molecule has 0 N–H and O–H groups in total. The smallest absolute Gasteiger partial charge is 0.350 e. The van der Waals surface area contributed by atoms with Crippen molar-refractivity contribution in [1.82, 2.24) is 0 Å². The van der Waals surface area contributed by atoms with Gasteiger partial charge in [-0.15, -0.1) is 0 Å². The van der Waals surface area contributed by atoms with Crippen molar-refractivity contribution in [3.05, 3.63) is 64.5 Å². The summed E-state index contributed by atoms with van der Waals surface area (Å²) in [6, 6.07) is 11.1. The zero-order valence-corrected chi connectivity index (χ0v) is 21.8. The highest BCUT2D eigenvalue weighted by molar-refractivity contribution is 5.94. The van der Waals surface area contributed by atoms with E-state index in [2.05, 4.69) is 13.8 Å². The summed E-state index contributed by atoms with van der Waals surface area (Å²) in [7, 11) is 0. The van der Waals surface area contributed by atoms with E-state index in [1.807, 2.05) is 0 Å². The lowest BCUT2D eigenvalue weighted by molar-refractivity contribution is -0.134. The van der Waals surface area contributed by atoms with E-state index in [1.54, 1.807) is 24.3 Å². The monoisotopic (exact) mass is 508 g/mol. The number of unbranched alkanes of at least 4 members (excludes halogenated alkanes) is 7. The number of esters is 2. The van der Waals surface area contributed by atoms with Crippen LogP contribution in [0.1, 0.15) is 88.4 Å². The molecular formula is C30H36O7. The highest BCUT2D eigenvalue weighted by Crippen LogP contribution is 2.22. The summed E-state index contributed by atoms with van der Waals surface area (Å²) in [5, 5.41) is 0.195. The van der Waals surface area contributed by atoms with Gasteiger partial charge in [-0.3, -0.25) is 9.59 Å². The van der Waals surface area contributed by atoms with Gasteiger partial charge >= 0.3 is 11.9 Å². The second kappa shape index (κ2) is 14.8. The van der Waals surface area contributed by atoms with Crippen molar-refractivity contribution in [2.75, 3.05) is 6.61 Å². The predicted molar refractivity (Wildman–Crippen MR) is 143 cm³/mol. The molecule has 0 aliphatic rings. The lowest BCUT2D eigenvalue weighted by Crippen LogP contribution is -2.19. The maximum atomic E-state index is 12.9. The molecule has 3 aromatic rings. The van der Waals surface area contributed by atoms with E-state index in [0.29, 0.717) is 24.5 Å². The molecule has 0 unspecified atom stereocenters. The van der Waals surface area contributed by atoms with E-state index in [-0.39, 0.29) is 28.3 Å². The lowest BCUT2D eigenvalue weighted by Gasteiger charge is -2.08. The van der Waals surface area contributed by atoms with Crippen LogP contribution in [0.5, 0.6) is 17.2 Å². The van der Waals surface area contributed by atoms with Crippen LogP contribution in [-0.2, 0) is 4.79 Å². The molecule has 7 nitrogen and oxygen atoms in total. The summed E-state index contributed by atoms with van der Waals surface area (Å²) in [6.07, 6.45) is 11.2. The third kappa shape index (κ3) is 8.77. The van der Waals surface area contributed by atoms with Gasteiger partial charge in [0.25, 0.3) is 0 Å². The molecule has 2 aromatic carbocycles. The van der Waals surface area contributed by atoms with Crippen molar-refractivity contribution < 1.29 is 28.2 Å². The molecule has 0 atom stereocenters. The van der Waals surface area contributed by atoms with Crippen molar-refractivity contribution in [1.29, 1.82) is 0 Å². The second-order valence-corrected chi connectivity index (χ2v) is 9.04. The number of fused-ring (bicyclic) bond motifs is 1. The van der Waals surface area contributed by atoms with Crippen molar-refractivity contribution >= 4 is 22.9 Å². The molecule has 1 aromatic heterocycles. The van der Waals surface area contributed by atoms with Crippen LogP contribution in [0.2, 0.25) is 0 Å². The van der Waals surface area contributed by atoms with Crippen molar-refractivity contribution in [2.24, 2.45) is 0 Å². The first-order valence-corrected chi connectivity index (χ1v) is 13.2. The molecule has 0 fully saturated rings. The topological polar surface area (TPSA) is 92.0 Å². The number of rotatable bonds is 15. The molecule has 0 saturated heterocycles. The first kappa shape index (κ1) is 28.0. The number of ether oxygens (including phenoxy) is 3. The summed E-state index contributed by atoms with van der Waals surface area (Å²) in [4.78, 5) is 37.6. The fourth-order valence-electron chi connectivity index (χ4n) is 3.82. The molecule has 37 heavy (non-hydrogen) atoms. The van der Waals surface area contributed by atoms with E-state index in [0.717, 1.165) is 38.4 Å². The van der Waals surface area contributed by atoms with Gasteiger partial charge in [-0.25, -0.2) is 4.79 Å². The number of carbonyl (C=O) groups is 2. The Morgan fingerprint density at radius 3 is 2.14 bits per heavy atom. The van der Waals surface area contributed by atoms with Gasteiger partial charge in [0.1, 0.15) is 34.7 Å². The highest BCUT2D eigenvalue weighted by Gasteiger charge is 2.18. The Kier molecular flexibility index (Phi) is 11.2. The Balaban J connectivity index is 1.55. The van der Waals surface area contributed by atoms with Crippen LogP contribution in [0.4, 0.5) is 0 Å². The quantitative estimate of drug-likeness (QED) is 0.121. The maximum Gasteiger partial charge on any atom is 0.350 e. The van der Waals surface area contributed by atoms with Gasteiger partial charge in [-0.1, -0.05) is 58.8 Å². The first-order valence-electron chi connectivity index (χ1n) is 13.2. The van der Waals surface area contributed by atoms with Crippen LogP contribution in [-0.4, -0.2) is 18.5 Å². The average Bonchev–Trinajstić information content (AvgIpc) is 2.89. The molecule has 0 saturated carbocycles. The van der Waals surface area contributed by atoms with E-state index in [1.165, 1.54) is 43.9 Å². The summed E-state index contributed by atoms with van der Waals surface area (Å²) >= 11 is 0. The molecule has 0 aliphatic heterocycles. The molecule has 0 spiro atoms. The van der Waals surface area contributed by atoms with Gasteiger partial charge in [0.2, 0.25) is 5.43 Å². The minimum Gasteiger partial charge on any atom is -0.494 e. The molecule has 7 heteroatoms. The normalized spacial score (nSPS) is 10.9. The Hall–Kier alpha value is -3.61. The third-order valence-corrected chi connectivity index (χ3v) is 5.98. The van der Waals surface area contributed by atoms with Crippen LogP contribution in [0.25, 0.3) is 11.0 Å². The van der Waals surface area contributed by atoms with Gasteiger partial charge < -0.3 is 18.6 Å². The number of carbonyl (C=O) groups excluding carboxylic acids is 2.